The Hall–Kier alpha value is -2.18. The quantitative estimate of drug-likeness (QED) is 0.768. The number of carbonyl (C=O) groups is 2. The average Bonchev–Trinajstić information content (AvgIpc) is 2.55. The predicted molar refractivity (Wildman–Crippen MR) is 96.9 cm³/mol. The number of carbonyl (C=O) groups excluding carboxylic acids is 2. The summed E-state index contributed by atoms with van der Waals surface area (Å²) in [6, 6.07) is 12.1. The highest BCUT2D eigenvalue weighted by molar-refractivity contribution is 8.00. The van der Waals surface area contributed by atoms with E-state index in [4.69, 9.17) is 22.1 Å². The molecule has 2 aromatic rings. The third kappa shape index (κ3) is 4.66. The molecular weight excluding hydrogens is 348 g/mol. The van der Waals surface area contributed by atoms with Gasteiger partial charge in [0.25, 0.3) is 0 Å². The normalized spacial score (nSPS) is 11.6. The van der Waals surface area contributed by atoms with Gasteiger partial charge in [0.2, 0.25) is 11.8 Å². The van der Waals surface area contributed by atoms with E-state index in [1.807, 2.05) is 31.2 Å². The Balaban J connectivity index is 2.00. The number of hydrogen-bond donors (Lipinski definition) is 2. The van der Waals surface area contributed by atoms with Gasteiger partial charge in [0.1, 0.15) is 5.75 Å². The summed E-state index contributed by atoms with van der Waals surface area (Å²) in [5, 5.41) is 2.66. The van der Waals surface area contributed by atoms with Crippen LogP contribution in [0.5, 0.6) is 5.75 Å². The minimum Gasteiger partial charge on any atom is -0.497 e. The summed E-state index contributed by atoms with van der Waals surface area (Å²) >= 11 is 7.40. The van der Waals surface area contributed by atoms with E-state index in [1.54, 1.807) is 13.2 Å². The van der Waals surface area contributed by atoms with Crippen molar-refractivity contribution in [3.8, 4) is 5.75 Å². The molecule has 24 heavy (non-hydrogen) atoms. The van der Waals surface area contributed by atoms with Crippen LogP contribution in [0.2, 0.25) is 5.02 Å². The summed E-state index contributed by atoms with van der Waals surface area (Å²) in [5.41, 5.74) is 5.93. The predicted octanol–water partition coefficient (Wildman–Crippen LogP) is 3.57. The molecule has 0 bridgehead atoms. The maximum atomic E-state index is 12.3. The Morgan fingerprint density at radius 1 is 1.21 bits per heavy atom. The molecule has 0 saturated carbocycles. The molecule has 0 aromatic heterocycles. The van der Waals surface area contributed by atoms with Gasteiger partial charge >= 0.3 is 0 Å². The largest absolute Gasteiger partial charge is 0.497 e. The van der Waals surface area contributed by atoms with Crippen molar-refractivity contribution in [1.29, 1.82) is 0 Å². The summed E-state index contributed by atoms with van der Waals surface area (Å²) in [6.07, 6.45) is 0. The number of halogens is 1. The number of ether oxygens (including phenoxy) is 1. The zero-order valence-electron chi connectivity index (χ0n) is 13.2. The zero-order chi connectivity index (χ0) is 17.7. The summed E-state index contributed by atoms with van der Waals surface area (Å²) in [4.78, 5) is 24.4. The van der Waals surface area contributed by atoms with Gasteiger partial charge in [0.05, 0.1) is 22.9 Å². The molecule has 0 spiro atoms. The molecule has 0 heterocycles. The van der Waals surface area contributed by atoms with Crippen LogP contribution in [0.3, 0.4) is 0 Å². The van der Waals surface area contributed by atoms with Crippen molar-refractivity contribution in [1.82, 2.24) is 0 Å². The standard InChI is InChI=1S/C17H17ClN2O3S/c1-10(24-13-6-4-12(23-2)5-7-13)17(22)20-11-3-8-14(16(19)21)15(18)9-11/h3-10H,1-2H3,(H2,19,21)(H,20,22)/t10-/m1/s1. The van der Waals surface area contributed by atoms with Crippen molar-refractivity contribution < 1.29 is 14.3 Å². The molecule has 0 aliphatic rings. The van der Waals surface area contributed by atoms with Crippen LogP contribution < -0.4 is 15.8 Å². The van der Waals surface area contributed by atoms with Crippen molar-refractivity contribution in [2.24, 2.45) is 5.73 Å². The highest BCUT2D eigenvalue weighted by Crippen LogP contribution is 2.27. The van der Waals surface area contributed by atoms with Crippen LogP contribution in [-0.4, -0.2) is 24.2 Å². The van der Waals surface area contributed by atoms with E-state index >= 15 is 0 Å². The van der Waals surface area contributed by atoms with Crippen LogP contribution in [-0.2, 0) is 4.79 Å². The lowest BCUT2D eigenvalue weighted by Gasteiger charge is -2.13. The van der Waals surface area contributed by atoms with Gasteiger partial charge < -0.3 is 15.8 Å². The SMILES string of the molecule is COc1ccc(S[C@H](C)C(=O)Nc2ccc(C(N)=O)c(Cl)c2)cc1. The third-order valence-corrected chi connectivity index (χ3v) is 4.67. The fourth-order valence-corrected chi connectivity index (χ4v) is 3.09. The van der Waals surface area contributed by atoms with Crippen LogP contribution in [0.1, 0.15) is 17.3 Å². The van der Waals surface area contributed by atoms with Crippen molar-refractivity contribution in [2.45, 2.75) is 17.1 Å². The van der Waals surface area contributed by atoms with Crippen molar-refractivity contribution >= 4 is 40.9 Å². The number of rotatable bonds is 6. The number of primary amides is 1. The molecule has 0 radical (unpaired) electrons. The molecule has 126 valence electrons. The molecule has 0 unspecified atom stereocenters. The van der Waals surface area contributed by atoms with Crippen LogP contribution in [0, 0.1) is 0 Å². The van der Waals surface area contributed by atoms with Gasteiger partial charge in [-0.25, -0.2) is 0 Å². The smallest absolute Gasteiger partial charge is 0.250 e. The zero-order valence-corrected chi connectivity index (χ0v) is 14.8. The number of methoxy groups -OCH3 is 1. The number of thioether (sulfide) groups is 1. The molecule has 2 amide bonds. The fourth-order valence-electron chi connectivity index (χ4n) is 1.95. The molecule has 5 nitrogen and oxygen atoms in total. The number of amides is 2. The number of anilines is 1. The van der Waals surface area contributed by atoms with Crippen LogP contribution in [0.4, 0.5) is 5.69 Å². The molecule has 0 saturated heterocycles. The summed E-state index contributed by atoms with van der Waals surface area (Å²) in [5.74, 6) is -0.0133. The Labute approximate surface area is 149 Å². The van der Waals surface area contributed by atoms with E-state index < -0.39 is 5.91 Å². The minimum atomic E-state index is -0.610. The maximum Gasteiger partial charge on any atom is 0.250 e. The number of nitrogens with two attached hydrogens (primary N) is 1. The van der Waals surface area contributed by atoms with Gasteiger partial charge in [-0.3, -0.25) is 9.59 Å². The van der Waals surface area contributed by atoms with E-state index in [0.29, 0.717) is 5.69 Å². The van der Waals surface area contributed by atoms with Gasteiger partial charge in [-0.05, 0) is 49.4 Å². The first kappa shape index (κ1) is 18.2. The summed E-state index contributed by atoms with van der Waals surface area (Å²) in [6.45, 7) is 1.81. The lowest BCUT2D eigenvalue weighted by Crippen LogP contribution is -2.22. The fraction of sp³-hybridized carbons (Fsp3) is 0.176. The second-order valence-corrected chi connectivity index (χ2v) is 6.81. The van der Waals surface area contributed by atoms with Gasteiger partial charge in [-0.15, -0.1) is 11.8 Å². The minimum absolute atomic E-state index is 0.168. The molecule has 0 aliphatic heterocycles. The summed E-state index contributed by atoms with van der Waals surface area (Å²) in [7, 11) is 1.60. The molecule has 0 fully saturated rings. The second kappa shape index (κ2) is 8.08. The molecule has 7 heteroatoms. The number of hydrogen-bond acceptors (Lipinski definition) is 4. The van der Waals surface area contributed by atoms with E-state index in [2.05, 4.69) is 5.32 Å². The lowest BCUT2D eigenvalue weighted by molar-refractivity contribution is -0.115. The number of benzene rings is 2. The van der Waals surface area contributed by atoms with Gasteiger partial charge in [-0.1, -0.05) is 11.6 Å². The molecular formula is C17H17ClN2O3S. The highest BCUT2D eigenvalue weighted by atomic mass is 35.5. The molecule has 2 rings (SSSR count). The Kier molecular flexibility index (Phi) is 6.11. The molecule has 2 aromatic carbocycles. The van der Waals surface area contributed by atoms with E-state index in [9.17, 15) is 9.59 Å². The van der Waals surface area contributed by atoms with Crippen molar-refractivity contribution in [3.05, 3.63) is 53.1 Å². The van der Waals surface area contributed by atoms with Crippen LogP contribution in [0.15, 0.2) is 47.4 Å². The van der Waals surface area contributed by atoms with Crippen molar-refractivity contribution in [3.63, 3.8) is 0 Å². The summed E-state index contributed by atoms with van der Waals surface area (Å²) < 4.78 is 5.10. The van der Waals surface area contributed by atoms with E-state index in [1.165, 1.54) is 23.9 Å². The first-order chi connectivity index (χ1) is 11.4. The average molecular weight is 365 g/mol. The molecule has 1 atom stereocenters. The Bertz CT molecular complexity index is 750. The van der Waals surface area contributed by atoms with Crippen molar-refractivity contribution in [2.75, 3.05) is 12.4 Å². The van der Waals surface area contributed by atoms with E-state index in [0.717, 1.165) is 10.6 Å². The molecule has 3 N–H and O–H groups in total. The highest BCUT2D eigenvalue weighted by Gasteiger charge is 2.16. The first-order valence-corrected chi connectivity index (χ1v) is 8.37. The lowest BCUT2D eigenvalue weighted by atomic mass is 10.2. The third-order valence-electron chi connectivity index (χ3n) is 3.24. The Morgan fingerprint density at radius 2 is 1.88 bits per heavy atom. The maximum absolute atomic E-state index is 12.3. The van der Waals surface area contributed by atoms with E-state index in [-0.39, 0.29) is 21.7 Å². The molecule has 0 aliphatic carbocycles. The Morgan fingerprint density at radius 3 is 2.42 bits per heavy atom. The number of nitrogens with one attached hydrogen (secondary N) is 1. The van der Waals surface area contributed by atoms with Crippen LogP contribution in [0.25, 0.3) is 0 Å². The second-order valence-electron chi connectivity index (χ2n) is 4.98. The monoisotopic (exact) mass is 364 g/mol. The van der Waals surface area contributed by atoms with Crippen LogP contribution >= 0.6 is 23.4 Å². The topological polar surface area (TPSA) is 81.4 Å². The van der Waals surface area contributed by atoms with Gasteiger partial charge in [0.15, 0.2) is 0 Å². The van der Waals surface area contributed by atoms with Gasteiger partial charge in [0, 0.05) is 10.6 Å². The first-order valence-electron chi connectivity index (χ1n) is 7.11. The van der Waals surface area contributed by atoms with Gasteiger partial charge in [-0.2, -0.15) is 0 Å².